The van der Waals surface area contributed by atoms with E-state index in [0.717, 1.165) is 0 Å². The number of rotatable bonds is 6. The summed E-state index contributed by atoms with van der Waals surface area (Å²) in [6.45, 7) is -0.238. The molecule has 2 aromatic carbocycles. The fourth-order valence-electron chi connectivity index (χ4n) is 2.04. The summed E-state index contributed by atoms with van der Waals surface area (Å²) in [6.07, 6.45) is 0. The first-order chi connectivity index (χ1) is 11.9. The molecule has 0 aliphatic heterocycles. The highest BCUT2D eigenvalue weighted by Gasteiger charge is 2.13. The van der Waals surface area contributed by atoms with Crippen LogP contribution >= 0.6 is 23.2 Å². The molecule has 0 aromatic heterocycles. The molecule has 132 valence electrons. The quantitative estimate of drug-likeness (QED) is 0.802. The van der Waals surface area contributed by atoms with Crippen LogP contribution in [0.2, 0.25) is 10.0 Å². The van der Waals surface area contributed by atoms with Crippen molar-refractivity contribution in [2.24, 2.45) is 0 Å². The van der Waals surface area contributed by atoms with Gasteiger partial charge in [0.15, 0.2) is 0 Å². The summed E-state index contributed by atoms with van der Waals surface area (Å²) in [7, 11) is 3.01. The van der Waals surface area contributed by atoms with Crippen molar-refractivity contribution in [2.45, 2.75) is 0 Å². The van der Waals surface area contributed by atoms with Crippen molar-refractivity contribution in [1.82, 2.24) is 5.32 Å². The van der Waals surface area contributed by atoms with Crippen LogP contribution in [0.25, 0.3) is 0 Å². The summed E-state index contributed by atoms with van der Waals surface area (Å²) >= 11 is 11.8. The predicted molar refractivity (Wildman–Crippen MR) is 97.0 cm³/mol. The first-order valence-electron chi connectivity index (χ1n) is 7.19. The highest BCUT2D eigenvalue weighted by Crippen LogP contribution is 2.28. The number of anilines is 1. The van der Waals surface area contributed by atoms with Crippen LogP contribution in [-0.2, 0) is 4.79 Å². The summed E-state index contributed by atoms with van der Waals surface area (Å²) < 4.78 is 10.3. The van der Waals surface area contributed by atoms with Crippen LogP contribution in [0.4, 0.5) is 5.69 Å². The van der Waals surface area contributed by atoms with Crippen LogP contribution < -0.4 is 20.1 Å². The average Bonchev–Trinajstić information content (AvgIpc) is 2.59. The van der Waals surface area contributed by atoms with Crippen LogP contribution in [-0.4, -0.2) is 32.6 Å². The van der Waals surface area contributed by atoms with Gasteiger partial charge in [-0.3, -0.25) is 9.59 Å². The van der Waals surface area contributed by atoms with Gasteiger partial charge in [-0.15, -0.1) is 0 Å². The molecule has 0 bridgehead atoms. The maximum Gasteiger partial charge on any atom is 0.253 e. The zero-order valence-corrected chi connectivity index (χ0v) is 15.1. The Morgan fingerprint density at radius 2 is 1.80 bits per heavy atom. The van der Waals surface area contributed by atoms with Crippen LogP contribution in [0.1, 0.15) is 10.4 Å². The number of hydrogen-bond acceptors (Lipinski definition) is 4. The lowest BCUT2D eigenvalue weighted by molar-refractivity contribution is -0.115. The Labute approximate surface area is 155 Å². The lowest BCUT2D eigenvalue weighted by atomic mass is 10.2. The Hall–Kier alpha value is -2.44. The maximum absolute atomic E-state index is 12.1. The van der Waals surface area contributed by atoms with Crippen LogP contribution in [0.15, 0.2) is 36.4 Å². The van der Waals surface area contributed by atoms with E-state index in [0.29, 0.717) is 22.2 Å². The molecule has 8 heteroatoms. The van der Waals surface area contributed by atoms with Crippen LogP contribution in [0.5, 0.6) is 11.5 Å². The van der Waals surface area contributed by atoms with E-state index in [-0.39, 0.29) is 17.1 Å². The molecular formula is C17H16Cl2N2O4. The molecule has 0 spiro atoms. The molecule has 0 saturated carbocycles. The third kappa shape index (κ3) is 5.01. The van der Waals surface area contributed by atoms with Gasteiger partial charge in [-0.05, 0) is 30.3 Å². The first-order valence-corrected chi connectivity index (χ1v) is 7.95. The van der Waals surface area contributed by atoms with E-state index in [1.807, 2.05) is 0 Å². The van der Waals surface area contributed by atoms with E-state index in [2.05, 4.69) is 10.6 Å². The van der Waals surface area contributed by atoms with Gasteiger partial charge in [-0.1, -0.05) is 23.2 Å². The highest BCUT2D eigenvalue weighted by atomic mass is 35.5. The molecule has 0 fully saturated rings. The molecule has 2 rings (SSSR count). The van der Waals surface area contributed by atoms with Crippen LogP contribution in [0, 0.1) is 0 Å². The highest BCUT2D eigenvalue weighted by molar-refractivity contribution is 6.36. The lowest BCUT2D eigenvalue weighted by Crippen LogP contribution is -2.33. The molecule has 0 aliphatic carbocycles. The Morgan fingerprint density at radius 3 is 2.44 bits per heavy atom. The topological polar surface area (TPSA) is 76.7 Å². The van der Waals surface area contributed by atoms with Gasteiger partial charge in [0.2, 0.25) is 5.91 Å². The monoisotopic (exact) mass is 382 g/mol. The van der Waals surface area contributed by atoms with Gasteiger partial charge in [-0.25, -0.2) is 0 Å². The summed E-state index contributed by atoms with van der Waals surface area (Å²) in [5.41, 5.74) is 0.670. The van der Waals surface area contributed by atoms with Crippen molar-refractivity contribution in [1.29, 1.82) is 0 Å². The molecule has 6 nitrogen and oxygen atoms in total. The lowest BCUT2D eigenvalue weighted by Gasteiger charge is -2.12. The van der Waals surface area contributed by atoms with Crippen molar-refractivity contribution < 1.29 is 19.1 Å². The van der Waals surface area contributed by atoms with Crippen LogP contribution in [0.3, 0.4) is 0 Å². The molecule has 2 amide bonds. The van der Waals surface area contributed by atoms with Gasteiger partial charge in [0, 0.05) is 11.1 Å². The molecule has 0 unspecified atom stereocenters. The van der Waals surface area contributed by atoms with Crippen molar-refractivity contribution in [3.8, 4) is 11.5 Å². The van der Waals surface area contributed by atoms with Gasteiger partial charge >= 0.3 is 0 Å². The summed E-state index contributed by atoms with van der Waals surface area (Å²) in [5.74, 6) is 0.133. The zero-order chi connectivity index (χ0) is 18.4. The van der Waals surface area contributed by atoms with E-state index in [4.69, 9.17) is 32.7 Å². The molecular weight excluding hydrogens is 367 g/mol. The Morgan fingerprint density at radius 1 is 1.04 bits per heavy atom. The number of nitrogens with one attached hydrogen (secondary N) is 2. The summed E-state index contributed by atoms with van der Waals surface area (Å²) in [4.78, 5) is 24.2. The standard InChI is InChI=1S/C17H16Cl2N2O4/c1-24-11-4-6-15(25-2)14(8-11)21-16(22)9-20-17(23)12-5-3-10(18)7-13(12)19/h3-8H,9H2,1-2H3,(H,20,23)(H,21,22). The number of methoxy groups -OCH3 is 2. The van der Waals surface area contributed by atoms with E-state index in [9.17, 15) is 9.59 Å². The molecule has 0 aliphatic rings. The third-order valence-electron chi connectivity index (χ3n) is 3.27. The molecule has 25 heavy (non-hydrogen) atoms. The van der Waals surface area contributed by atoms with Crippen molar-refractivity contribution in [3.05, 3.63) is 52.0 Å². The molecule has 2 aromatic rings. The van der Waals surface area contributed by atoms with Gasteiger partial charge in [0.1, 0.15) is 11.5 Å². The fourth-order valence-corrected chi connectivity index (χ4v) is 2.53. The third-order valence-corrected chi connectivity index (χ3v) is 3.81. The molecule has 0 atom stereocenters. The second-order valence-corrected chi connectivity index (χ2v) is 5.76. The Kier molecular flexibility index (Phi) is 6.50. The van der Waals surface area contributed by atoms with E-state index in [1.165, 1.54) is 26.4 Å². The van der Waals surface area contributed by atoms with Crippen molar-refractivity contribution in [3.63, 3.8) is 0 Å². The average molecular weight is 383 g/mol. The van der Waals surface area contributed by atoms with Gasteiger partial charge in [-0.2, -0.15) is 0 Å². The zero-order valence-electron chi connectivity index (χ0n) is 13.6. The second-order valence-electron chi connectivity index (χ2n) is 4.92. The minimum absolute atomic E-state index is 0.208. The number of benzene rings is 2. The summed E-state index contributed by atoms with van der Waals surface area (Å²) in [6, 6.07) is 9.49. The van der Waals surface area contributed by atoms with Gasteiger partial charge in [0.05, 0.1) is 37.0 Å². The normalized spacial score (nSPS) is 10.1. The van der Waals surface area contributed by atoms with E-state index in [1.54, 1.807) is 24.3 Å². The predicted octanol–water partition coefficient (Wildman–Crippen LogP) is 3.38. The molecule has 0 saturated heterocycles. The number of hydrogen-bond donors (Lipinski definition) is 2. The smallest absolute Gasteiger partial charge is 0.253 e. The largest absolute Gasteiger partial charge is 0.497 e. The maximum atomic E-state index is 12.1. The Bertz CT molecular complexity index is 796. The SMILES string of the molecule is COc1ccc(OC)c(NC(=O)CNC(=O)c2ccc(Cl)cc2Cl)c1. The molecule has 0 radical (unpaired) electrons. The number of carbonyl (C=O) groups excluding carboxylic acids is 2. The first kappa shape index (κ1) is 18.9. The van der Waals surface area contributed by atoms with Gasteiger partial charge in [0.25, 0.3) is 5.91 Å². The number of halogens is 2. The van der Waals surface area contributed by atoms with Crippen molar-refractivity contribution in [2.75, 3.05) is 26.1 Å². The number of amides is 2. The second kappa shape index (κ2) is 8.60. The number of carbonyl (C=O) groups is 2. The summed E-state index contributed by atoms with van der Waals surface area (Å²) in [5, 5.41) is 5.78. The van der Waals surface area contributed by atoms with E-state index < -0.39 is 11.8 Å². The molecule has 0 heterocycles. The number of ether oxygens (including phenoxy) is 2. The Balaban J connectivity index is 2.00. The minimum atomic E-state index is -0.477. The van der Waals surface area contributed by atoms with E-state index >= 15 is 0 Å². The minimum Gasteiger partial charge on any atom is -0.497 e. The van der Waals surface area contributed by atoms with Crippen molar-refractivity contribution >= 4 is 40.7 Å². The van der Waals surface area contributed by atoms with Gasteiger partial charge < -0.3 is 20.1 Å². The molecule has 2 N–H and O–H groups in total. The fraction of sp³-hybridized carbons (Fsp3) is 0.176.